The minimum absolute atomic E-state index is 0.0248. The molecule has 4 nitrogen and oxygen atoms in total. The number of hydrogen-bond donors (Lipinski definition) is 0. The fourth-order valence-electron chi connectivity index (χ4n) is 3.86. The molecule has 0 radical (unpaired) electrons. The highest BCUT2D eigenvalue weighted by Gasteiger charge is 2.30. The molecule has 2 aromatic carbocycles. The molecule has 1 fully saturated rings. The number of sulfone groups is 1. The topological polar surface area (TPSA) is 60.4 Å². The maximum atomic E-state index is 11.9. The normalized spacial score (nSPS) is 19.8. The number of aryl methyl sites for hydroxylation is 1. The molecule has 4 rings (SSSR count). The number of carbonyl (C=O) groups excluding carboxylic acids is 1. The van der Waals surface area contributed by atoms with Gasteiger partial charge in [0.2, 0.25) is 0 Å². The van der Waals surface area contributed by atoms with Gasteiger partial charge < -0.3 is 4.74 Å². The van der Waals surface area contributed by atoms with Crippen LogP contribution in [0.2, 0.25) is 0 Å². The summed E-state index contributed by atoms with van der Waals surface area (Å²) in [5.41, 5.74) is 6.56. The van der Waals surface area contributed by atoms with E-state index in [1.54, 1.807) is 0 Å². The Morgan fingerprint density at radius 3 is 2.69 bits per heavy atom. The first-order valence-corrected chi connectivity index (χ1v) is 10.9. The fraction of sp³-hybridized carbons (Fsp3) is 0.381. The van der Waals surface area contributed by atoms with E-state index < -0.39 is 15.9 Å². The Bertz CT molecular complexity index is 946. The molecular formula is C21H22O4S. The monoisotopic (exact) mass is 370 g/mol. The van der Waals surface area contributed by atoms with E-state index in [4.69, 9.17) is 4.74 Å². The summed E-state index contributed by atoms with van der Waals surface area (Å²) >= 11 is 0. The SMILES string of the molecule is O=C(CCCc1ccc2c(c1)-c1ccccc1C2)OC1CCS(=O)(=O)C1. The van der Waals surface area contributed by atoms with Crippen molar-refractivity contribution in [3.8, 4) is 11.1 Å². The van der Waals surface area contributed by atoms with Crippen LogP contribution >= 0.6 is 0 Å². The van der Waals surface area contributed by atoms with Crippen LogP contribution in [0.5, 0.6) is 0 Å². The van der Waals surface area contributed by atoms with Crippen molar-refractivity contribution in [3.05, 3.63) is 59.2 Å². The highest BCUT2D eigenvalue weighted by atomic mass is 32.2. The van der Waals surface area contributed by atoms with Crippen molar-refractivity contribution in [1.82, 2.24) is 0 Å². The van der Waals surface area contributed by atoms with Crippen molar-refractivity contribution in [3.63, 3.8) is 0 Å². The van der Waals surface area contributed by atoms with E-state index in [1.165, 1.54) is 27.8 Å². The lowest BCUT2D eigenvalue weighted by Gasteiger charge is -2.10. The van der Waals surface area contributed by atoms with Gasteiger partial charge in [-0.1, -0.05) is 42.5 Å². The van der Waals surface area contributed by atoms with Crippen LogP contribution in [0.25, 0.3) is 11.1 Å². The largest absolute Gasteiger partial charge is 0.461 e. The zero-order valence-corrected chi connectivity index (χ0v) is 15.4. The van der Waals surface area contributed by atoms with E-state index >= 15 is 0 Å². The van der Waals surface area contributed by atoms with Crippen LogP contribution in [-0.2, 0) is 32.2 Å². The molecule has 26 heavy (non-hydrogen) atoms. The molecule has 2 aromatic rings. The quantitative estimate of drug-likeness (QED) is 0.647. The number of esters is 1. The predicted octanol–water partition coefficient (Wildman–Crippen LogP) is 3.31. The summed E-state index contributed by atoms with van der Waals surface area (Å²) in [6.45, 7) is 0. The lowest BCUT2D eigenvalue weighted by Crippen LogP contribution is -2.19. The Morgan fingerprint density at radius 2 is 1.88 bits per heavy atom. The van der Waals surface area contributed by atoms with Gasteiger partial charge in [-0.2, -0.15) is 0 Å². The Hall–Kier alpha value is -2.14. The molecule has 1 saturated heterocycles. The van der Waals surface area contributed by atoms with Crippen molar-refractivity contribution < 1.29 is 17.9 Å². The van der Waals surface area contributed by atoms with Gasteiger partial charge in [0.05, 0.1) is 11.5 Å². The molecule has 5 heteroatoms. The first-order chi connectivity index (χ1) is 12.5. The van der Waals surface area contributed by atoms with Crippen LogP contribution in [0.1, 0.15) is 36.0 Å². The van der Waals surface area contributed by atoms with E-state index in [9.17, 15) is 13.2 Å². The number of fused-ring (bicyclic) bond motifs is 3. The second kappa shape index (κ2) is 6.88. The second-order valence-electron chi connectivity index (χ2n) is 7.19. The molecule has 1 atom stereocenters. The number of rotatable bonds is 5. The van der Waals surface area contributed by atoms with Crippen LogP contribution < -0.4 is 0 Å². The molecule has 0 N–H and O–H groups in total. The van der Waals surface area contributed by atoms with Gasteiger partial charge in [-0.05, 0) is 53.5 Å². The Kier molecular flexibility index (Phi) is 4.57. The summed E-state index contributed by atoms with van der Waals surface area (Å²) in [5.74, 6) is -0.191. The minimum atomic E-state index is -3.01. The molecular weight excluding hydrogens is 348 g/mol. The summed E-state index contributed by atoms with van der Waals surface area (Å²) in [5, 5.41) is 0. The molecule has 1 heterocycles. The van der Waals surface area contributed by atoms with Crippen molar-refractivity contribution >= 4 is 15.8 Å². The maximum Gasteiger partial charge on any atom is 0.306 e. The lowest BCUT2D eigenvalue weighted by atomic mass is 10.00. The van der Waals surface area contributed by atoms with Crippen LogP contribution in [0.15, 0.2) is 42.5 Å². The van der Waals surface area contributed by atoms with E-state index in [0.717, 1.165) is 12.8 Å². The molecule has 136 valence electrons. The van der Waals surface area contributed by atoms with Gasteiger partial charge in [0, 0.05) is 6.42 Å². The van der Waals surface area contributed by atoms with Gasteiger partial charge >= 0.3 is 5.97 Å². The Balaban J connectivity index is 1.32. The van der Waals surface area contributed by atoms with Gasteiger partial charge in [-0.25, -0.2) is 8.42 Å². The maximum absolute atomic E-state index is 11.9. The highest BCUT2D eigenvalue weighted by molar-refractivity contribution is 7.91. The van der Waals surface area contributed by atoms with Crippen molar-refractivity contribution in [2.75, 3.05) is 11.5 Å². The van der Waals surface area contributed by atoms with Gasteiger partial charge in [-0.15, -0.1) is 0 Å². The molecule has 0 saturated carbocycles. The summed E-state index contributed by atoms with van der Waals surface area (Å²) in [4.78, 5) is 11.9. The third-order valence-electron chi connectivity index (χ3n) is 5.20. The van der Waals surface area contributed by atoms with Crippen molar-refractivity contribution in [2.24, 2.45) is 0 Å². The third kappa shape index (κ3) is 3.68. The Morgan fingerprint density at radius 1 is 1.08 bits per heavy atom. The molecule has 1 aliphatic carbocycles. The lowest BCUT2D eigenvalue weighted by molar-refractivity contribution is -0.147. The van der Waals surface area contributed by atoms with Crippen LogP contribution in [-0.4, -0.2) is 32.0 Å². The minimum Gasteiger partial charge on any atom is -0.461 e. The standard InChI is InChI=1S/C21H22O4S/c22-21(25-18-10-11-26(23,24)14-18)7-3-4-15-8-9-17-13-16-5-1-2-6-19(16)20(17)12-15/h1-2,5-6,8-9,12,18H,3-4,7,10-11,13-14H2. The molecule has 1 unspecified atom stereocenters. The van der Waals surface area contributed by atoms with Crippen LogP contribution in [0, 0.1) is 0 Å². The highest BCUT2D eigenvalue weighted by Crippen LogP contribution is 2.37. The summed E-state index contributed by atoms with van der Waals surface area (Å²) in [6.07, 6.45) is 2.81. The average Bonchev–Trinajstić information content (AvgIpc) is 3.14. The van der Waals surface area contributed by atoms with E-state index in [1.807, 2.05) is 0 Å². The number of hydrogen-bond acceptors (Lipinski definition) is 4. The number of ether oxygens (including phenoxy) is 1. The molecule has 1 aliphatic heterocycles. The number of carbonyl (C=O) groups is 1. The van der Waals surface area contributed by atoms with Crippen molar-refractivity contribution in [2.45, 2.75) is 38.2 Å². The molecule has 0 amide bonds. The smallest absolute Gasteiger partial charge is 0.306 e. The van der Waals surface area contributed by atoms with Gasteiger partial charge in [0.1, 0.15) is 6.10 Å². The average molecular weight is 370 g/mol. The first-order valence-electron chi connectivity index (χ1n) is 9.10. The van der Waals surface area contributed by atoms with Gasteiger partial charge in [0.15, 0.2) is 9.84 Å². The Labute approximate surface area is 154 Å². The predicted molar refractivity (Wildman–Crippen MR) is 101 cm³/mol. The van der Waals surface area contributed by atoms with E-state index in [-0.39, 0.29) is 17.5 Å². The van der Waals surface area contributed by atoms with Crippen LogP contribution in [0.4, 0.5) is 0 Å². The second-order valence-corrected chi connectivity index (χ2v) is 9.42. The van der Waals surface area contributed by atoms with E-state index in [2.05, 4.69) is 42.5 Å². The molecule has 0 bridgehead atoms. The first kappa shape index (κ1) is 17.3. The molecule has 0 aromatic heterocycles. The third-order valence-corrected chi connectivity index (χ3v) is 6.94. The van der Waals surface area contributed by atoms with Crippen LogP contribution in [0.3, 0.4) is 0 Å². The zero-order chi connectivity index (χ0) is 18.1. The summed E-state index contributed by atoms with van der Waals surface area (Å²) in [6, 6.07) is 15.0. The number of benzene rings is 2. The fourth-order valence-corrected chi connectivity index (χ4v) is 5.45. The molecule has 2 aliphatic rings. The molecule has 0 spiro atoms. The van der Waals surface area contributed by atoms with Crippen molar-refractivity contribution in [1.29, 1.82) is 0 Å². The van der Waals surface area contributed by atoms with Gasteiger partial charge in [-0.3, -0.25) is 4.79 Å². The van der Waals surface area contributed by atoms with Gasteiger partial charge in [0.25, 0.3) is 0 Å². The zero-order valence-electron chi connectivity index (χ0n) is 14.6. The summed E-state index contributed by atoms with van der Waals surface area (Å²) < 4.78 is 28.1. The van der Waals surface area contributed by atoms with E-state index in [0.29, 0.717) is 19.3 Å². The summed E-state index contributed by atoms with van der Waals surface area (Å²) in [7, 11) is -3.01.